The quantitative estimate of drug-likeness (QED) is 0.444. The highest BCUT2D eigenvalue weighted by atomic mass is 16.9. The molecule has 4 heteroatoms. The third-order valence-corrected chi connectivity index (χ3v) is 1.23. The Morgan fingerprint density at radius 2 is 2.00 bits per heavy atom. The van der Waals surface area contributed by atoms with Gasteiger partial charge in [-0.25, -0.2) is 5.23 Å². The molecule has 0 aliphatic rings. The van der Waals surface area contributed by atoms with Crippen molar-refractivity contribution in [2.75, 3.05) is 14.2 Å². The first-order valence-electron chi connectivity index (χ1n) is 2.75. The van der Waals surface area contributed by atoms with E-state index in [1.807, 2.05) is 0 Å². The zero-order valence-corrected chi connectivity index (χ0v) is 6.26. The Labute approximate surface area is 55.3 Å². The minimum Gasteiger partial charge on any atom is -0.761 e. The van der Waals surface area contributed by atoms with Crippen LogP contribution < -0.4 is 5.32 Å². The smallest absolute Gasteiger partial charge is 0.0762 e. The topological polar surface area (TPSA) is 47.6 Å². The number of hydrogen-bond donors (Lipinski definition) is 1. The van der Waals surface area contributed by atoms with Crippen molar-refractivity contribution in [1.82, 2.24) is 10.5 Å². The maximum atomic E-state index is 10.7. The van der Waals surface area contributed by atoms with Crippen LogP contribution in [0.1, 0.15) is 13.8 Å². The van der Waals surface area contributed by atoms with E-state index in [1.165, 1.54) is 7.11 Å². The lowest BCUT2D eigenvalue weighted by molar-refractivity contribution is -0.160. The van der Waals surface area contributed by atoms with Crippen LogP contribution in [0, 0.1) is 5.21 Å². The second-order valence-electron chi connectivity index (χ2n) is 2.25. The van der Waals surface area contributed by atoms with E-state index in [-0.39, 0.29) is 0 Å². The largest absolute Gasteiger partial charge is 0.761 e. The molecule has 0 spiro atoms. The van der Waals surface area contributed by atoms with Crippen LogP contribution in [-0.4, -0.2) is 25.0 Å². The van der Waals surface area contributed by atoms with Gasteiger partial charge in [0.05, 0.1) is 12.8 Å². The second kappa shape index (κ2) is 3.12. The zero-order chi connectivity index (χ0) is 7.49. The molecular weight excluding hydrogens is 120 g/mol. The van der Waals surface area contributed by atoms with Gasteiger partial charge in [-0.1, -0.05) is 0 Å². The van der Waals surface area contributed by atoms with Crippen LogP contribution in [0.3, 0.4) is 0 Å². The molecule has 0 aromatic heterocycles. The van der Waals surface area contributed by atoms with E-state index in [1.54, 1.807) is 20.9 Å². The first kappa shape index (κ1) is 8.84. The molecule has 0 amide bonds. The van der Waals surface area contributed by atoms with E-state index in [2.05, 4.69) is 10.2 Å². The van der Waals surface area contributed by atoms with Gasteiger partial charge in [0.1, 0.15) is 0 Å². The van der Waals surface area contributed by atoms with Crippen LogP contribution in [0.15, 0.2) is 0 Å². The van der Waals surface area contributed by atoms with Crippen molar-refractivity contribution in [3.05, 3.63) is 5.21 Å². The predicted octanol–water partition coefficient (Wildman–Crippen LogP) is 0.303. The molecule has 0 fully saturated rings. The first-order valence-corrected chi connectivity index (χ1v) is 2.75. The monoisotopic (exact) mass is 133 g/mol. The number of nitrogens with one attached hydrogen (secondary N) is 1. The molecule has 0 saturated carbocycles. The molecule has 0 radical (unpaired) electrons. The van der Waals surface area contributed by atoms with Crippen molar-refractivity contribution < 1.29 is 4.84 Å². The molecular formula is C5H13N2O2-. The zero-order valence-electron chi connectivity index (χ0n) is 6.26. The van der Waals surface area contributed by atoms with Crippen molar-refractivity contribution in [1.29, 1.82) is 0 Å². The summed E-state index contributed by atoms with van der Waals surface area (Å²) in [6, 6.07) is 0. The molecule has 1 N–H and O–H groups in total. The number of hydroxylamine groups is 2. The van der Waals surface area contributed by atoms with E-state index in [0.717, 1.165) is 0 Å². The SMILES string of the molecule is CNC(C)(C)N([O-])OC. The van der Waals surface area contributed by atoms with Crippen molar-refractivity contribution in [3.63, 3.8) is 0 Å². The lowest BCUT2D eigenvalue weighted by Gasteiger charge is -2.40. The number of nitrogens with zero attached hydrogens (tertiary/aromatic N) is 1. The first-order chi connectivity index (χ1) is 4.04. The van der Waals surface area contributed by atoms with Gasteiger partial charge in [-0.15, -0.1) is 0 Å². The third-order valence-electron chi connectivity index (χ3n) is 1.23. The minimum atomic E-state index is -0.644. The molecule has 4 nitrogen and oxygen atoms in total. The average molecular weight is 133 g/mol. The lowest BCUT2D eigenvalue weighted by Crippen LogP contribution is -2.49. The summed E-state index contributed by atoms with van der Waals surface area (Å²) in [4.78, 5) is 4.42. The molecule has 9 heavy (non-hydrogen) atoms. The Kier molecular flexibility index (Phi) is 3.07. The molecule has 0 aromatic rings. The summed E-state index contributed by atoms with van der Waals surface area (Å²) in [5, 5.41) is 14.0. The van der Waals surface area contributed by atoms with E-state index in [4.69, 9.17) is 0 Å². The molecule has 0 aliphatic carbocycles. The van der Waals surface area contributed by atoms with Gasteiger partial charge in [0, 0.05) is 0 Å². The average Bonchev–Trinajstić information content (AvgIpc) is 1.86. The maximum Gasteiger partial charge on any atom is 0.0762 e. The fourth-order valence-corrected chi connectivity index (χ4v) is 0.320. The van der Waals surface area contributed by atoms with Gasteiger partial charge in [0.25, 0.3) is 0 Å². The van der Waals surface area contributed by atoms with Gasteiger partial charge in [0.15, 0.2) is 0 Å². The van der Waals surface area contributed by atoms with Gasteiger partial charge < -0.3 is 15.4 Å². The molecule has 0 rings (SSSR count). The van der Waals surface area contributed by atoms with Crippen LogP contribution in [-0.2, 0) is 4.84 Å². The Morgan fingerprint density at radius 3 is 2.11 bits per heavy atom. The maximum absolute atomic E-state index is 10.7. The Hall–Kier alpha value is -0.160. The molecule has 56 valence electrons. The molecule has 0 bridgehead atoms. The summed E-state index contributed by atoms with van der Waals surface area (Å²) in [6.07, 6.45) is 0. The normalized spacial score (nSPS) is 12.7. The second-order valence-corrected chi connectivity index (χ2v) is 2.25. The summed E-state index contributed by atoms with van der Waals surface area (Å²) in [5.41, 5.74) is -0.644. The van der Waals surface area contributed by atoms with Crippen LogP contribution >= 0.6 is 0 Å². The summed E-state index contributed by atoms with van der Waals surface area (Å²) < 4.78 is 0. The van der Waals surface area contributed by atoms with Gasteiger partial charge in [-0.3, -0.25) is 0 Å². The molecule has 0 atom stereocenters. The highest BCUT2D eigenvalue weighted by Gasteiger charge is 2.15. The van der Waals surface area contributed by atoms with Crippen LogP contribution in [0.5, 0.6) is 0 Å². The van der Waals surface area contributed by atoms with Gasteiger partial charge >= 0.3 is 0 Å². The fraction of sp³-hybridized carbons (Fsp3) is 1.00. The Morgan fingerprint density at radius 1 is 1.56 bits per heavy atom. The van der Waals surface area contributed by atoms with Gasteiger partial charge in [-0.2, -0.15) is 0 Å². The third kappa shape index (κ3) is 2.28. The molecule has 0 aromatic carbocycles. The fourth-order valence-electron chi connectivity index (χ4n) is 0.320. The van der Waals surface area contributed by atoms with Crippen molar-refractivity contribution >= 4 is 0 Å². The minimum absolute atomic E-state index is 0.507. The number of hydrogen-bond acceptors (Lipinski definition) is 4. The van der Waals surface area contributed by atoms with Crippen molar-refractivity contribution in [2.45, 2.75) is 19.5 Å². The molecule has 0 saturated heterocycles. The van der Waals surface area contributed by atoms with E-state index in [9.17, 15) is 5.21 Å². The summed E-state index contributed by atoms with van der Waals surface area (Å²) >= 11 is 0. The van der Waals surface area contributed by atoms with Crippen molar-refractivity contribution in [3.8, 4) is 0 Å². The summed E-state index contributed by atoms with van der Waals surface area (Å²) in [5.74, 6) is 0. The highest BCUT2D eigenvalue weighted by Crippen LogP contribution is 2.06. The standard InChI is InChI=1S/C5H13N2O2/c1-5(2,6-3)7(8)9-4/h6H,1-4H3/q-1. The molecule has 0 unspecified atom stereocenters. The Bertz CT molecular complexity index is 85.0. The lowest BCUT2D eigenvalue weighted by atomic mass is 10.3. The van der Waals surface area contributed by atoms with E-state index >= 15 is 0 Å². The molecule has 0 aliphatic heterocycles. The Balaban J connectivity index is 3.80. The van der Waals surface area contributed by atoms with Crippen molar-refractivity contribution in [2.24, 2.45) is 0 Å². The van der Waals surface area contributed by atoms with Gasteiger partial charge in [0.2, 0.25) is 0 Å². The predicted molar refractivity (Wildman–Crippen MR) is 35.4 cm³/mol. The van der Waals surface area contributed by atoms with E-state index < -0.39 is 5.66 Å². The summed E-state index contributed by atoms with van der Waals surface area (Å²) in [6.45, 7) is 3.45. The highest BCUT2D eigenvalue weighted by molar-refractivity contribution is 4.70. The van der Waals surface area contributed by atoms with E-state index in [0.29, 0.717) is 5.23 Å². The van der Waals surface area contributed by atoms with Crippen LogP contribution in [0.4, 0.5) is 0 Å². The van der Waals surface area contributed by atoms with Crippen LogP contribution in [0.2, 0.25) is 0 Å². The molecule has 0 heterocycles. The van der Waals surface area contributed by atoms with Crippen LogP contribution in [0.25, 0.3) is 0 Å². The van der Waals surface area contributed by atoms with Gasteiger partial charge in [-0.05, 0) is 20.9 Å². The summed E-state index contributed by atoms with van der Waals surface area (Å²) in [7, 11) is 3.04. The number of rotatable bonds is 3.